The number of thiophene rings is 1. The smallest absolute Gasteiger partial charge is 0.350 e. The molecule has 0 aliphatic heterocycles. The van der Waals surface area contributed by atoms with Gasteiger partial charge < -0.3 is 14.9 Å². The lowest BCUT2D eigenvalue weighted by molar-refractivity contribution is 0.0209. The van der Waals surface area contributed by atoms with Crippen LogP contribution in [-0.4, -0.2) is 27.8 Å². The minimum atomic E-state index is -1.30. The van der Waals surface area contributed by atoms with Crippen molar-refractivity contribution in [1.82, 2.24) is 0 Å². The van der Waals surface area contributed by atoms with Crippen LogP contribution in [0.2, 0.25) is 0 Å². The van der Waals surface area contributed by atoms with E-state index in [4.69, 9.17) is 16.3 Å². The highest BCUT2D eigenvalue weighted by molar-refractivity contribution is 7.16. The lowest BCUT2D eigenvalue weighted by Crippen LogP contribution is -2.25. The number of ether oxygens (including phenoxy) is 1. The van der Waals surface area contributed by atoms with Crippen LogP contribution >= 0.6 is 11.3 Å². The van der Waals surface area contributed by atoms with E-state index in [-0.39, 0.29) is 15.3 Å². The van der Waals surface area contributed by atoms with Crippen molar-refractivity contribution in [2.24, 2.45) is 0 Å². The van der Waals surface area contributed by atoms with E-state index in [0.717, 1.165) is 0 Å². The predicted octanol–water partition coefficient (Wildman–Crippen LogP) is 2.03. The maximum Gasteiger partial charge on any atom is 0.350 e. The summed E-state index contributed by atoms with van der Waals surface area (Å²) in [6, 6.07) is 0. The molecule has 0 aliphatic carbocycles. The number of terminal acetylenes is 1. The molecule has 5 nitrogen and oxygen atoms in total. The fourth-order valence-corrected chi connectivity index (χ4v) is 2.07. The molecular formula is C12H12O5S. The van der Waals surface area contributed by atoms with Gasteiger partial charge in [-0.05, 0) is 20.8 Å². The number of hydrogen-bond donors (Lipinski definition) is 2. The topological polar surface area (TPSA) is 83.8 Å². The summed E-state index contributed by atoms with van der Waals surface area (Å²) in [7, 11) is 0. The summed E-state index contributed by atoms with van der Waals surface area (Å²) in [4.78, 5) is 22.4. The molecule has 0 saturated carbocycles. The Balaban J connectivity index is 3.13. The zero-order valence-electron chi connectivity index (χ0n) is 10.1. The van der Waals surface area contributed by atoms with E-state index in [0.29, 0.717) is 11.3 Å². The maximum atomic E-state index is 11.8. The molecule has 0 bridgehead atoms. The van der Waals surface area contributed by atoms with Gasteiger partial charge in [0.05, 0.1) is 0 Å². The van der Waals surface area contributed by atoms with Crippen molar-refractivity contribution in [2.75, 3.05) is 0 Å². The number of hydrogen-bond acceptors (Lipinski definition) is 5. The third-order valence-electron chi connectivity index (χ3n) is 2.19. The second-order valence-corrected chi connectivity index (χ2v) is 5.10. The van der Waals surface area contributed by atoms with Crippen LogP contribution in [0, 0.1) is 19.3 Å². The molecule has 0 aromatic carbocycles. The molecule has 1 aromatic heterocycles. The molecule has 96 valence electrons. The van der Waals surface area contributed by atoms with Crippen LogP contribution in [0.4, 0.5) is 0 Å². The molecule has 0 unspecified atom stereocenters. The van der Waals surface area contributed by atoms with Gasteiger partial charge in [0.25, 0.3) is 0 Å². The van der Waals surface area contributed by atoms with Gasteiger partial charge in [0.15, 0.2) is 10.5 Å². The van der Waals surface area contributed by atoms with Crippen molar-refractivity contribution in [1.29, 1.82) is 0 Å². The van der Waals surface area contributed by atoms with Crippen molar-refractivity contribution in [3.63, 3.8) is 0 Å². The van der Waals surface area contributed by atoms with E-state index < -0.39 is 23.3 Å². The molecule has 0 aliphatic rings. The molecular weight excluding hydrogens is 256 g/mol. The standard InChI is InChI=1S/C12H12O5S/c1-5-12(3,4)17-11(16)8-6(2)7(13)9(18-8)10(14)15/h1,13H,2-4H3,(H,14,15). The molecule has 0 radical (unpaired) electrons. The zero-order chi connectivity index (χ0) is 14.1. The first-order valence-corrected chi connectivity index (χ1v) is 5.78. The molecule has 2 N–H and O–H groups in total. The van der Waals surface area contributed by atoms with Crippen molar-refractivity contribution in [3.8, 4) is 18.1 Å². The third kappa shape index (κ3) is 2.63. The Kier molecular flexibility index (Phi) is 3.67. The Morgan fingerprint density at radius 2 is 1.94 bits per heavy atom. The molecule has 0 spiro atoms. The molecule has 1 aromatic rings. The molecule has 1 heterocycles. The van der Waals surface area contributed by atoms with E-state index in [2.05, 4.69) is 5.92 Å². The van der Waals surface area contributed by atoms with E-state index in [1.165, 1.54) is 20.8 Å². The Hall–Kier alpha value is -2.00. The van der Waals surface area contributed by atoms with Gasteiger partial charge in [0.2, 0.25) is 0 Å². The van der Waals surface area contributed by atoms with E-state index in [1.54, 1.807) is 0 Å². The van der Waals surface area contributed by atoms with Gasteiger partial charge in [-0.3, -0.25) is 0 Å². The van der Waals surface area contributed by atoms with Gasteiger partial charge in [-0.25, -0.2) is 9.59 Å². The van der Waals surface area contributed by atoms with Crippen molar-refractivity contribution < 1.29 is 24.5 Å². The average molecular weight is 268 g/mol. The normalized spacial score (nSPS) is 10.8. The highest BCUT2D eigenvalue weighted by Gasteiger charge is 2.28. The van der Waals surface area contributed by atoms with Crippen LogP contribution in [0.15, 0.2) is 0 Å². The summed E-state index contributed by atoms with van der Waals surface area (Å²) < 4.78 is 5.03. The summed E-state index contributed by atoms with van der Waals surface area (Å²) >= 11 is 0.661. The van der Waals surface area contributed by atoms with Crippen LogP contribution in [0.5, 0.6) is 5.75 Å². The Morgan fingerprint density at radius 1 is 1.39 bits per heavy atom. The first-order valence-electron chi connectivity index (χ1n) is 4.96. The molecule has 6 heteroatoms. The molecule has 0 fully saturated rings. The number of carboxylic acid groups (broad SMARTS) is 1. The molecule has 0 atom stereocenters. The second kappa shape index (κ2) is 4.70. The number of aromatic hydroxyl groups is 1. The summed E-state index contributed by atoms with van der Waals surface area (Å²) in [6.07, 6.45) is 5.19. The fraction of sp³-hybridized carbons (Fsp3) is 0.333. The van der Waals surface area contributed by atoms with Crippen molar-refractivity contribution in [3.05, 3.63) is 15.3 Å². The van der Waals surface area contributed by atoms with Gasteiger partial charge in [-0.15, -0.1) is 17.8 Å². The van der Waals surface area contributed by atoms with E-state index >= 15 is 0 Å². The second-order valence-electron chi connectivity index (χ2n) is 4.08. The number of carbonyl (C=O) groups is 2. The first-order chi connectivity index (χ1) is 8.19. The zero-order valence-corrected chi connectivity index (χ0v) is 10.9. The average Bonchev–Trinajstić information content (AvgIpc) is 2.56. The van der Waals surface area contributed by atoms with Gasteiger partial charge in [0.1, 0.15) is 10.6 Å². The fourth-order valence-electron chi connectivity index (χ4n) is 1.15. The SMILES string of the molecule is C#CC(C)(C)OC(=O)c1sc(C(=O)O)c(O)c1C. The monoisotopic (exact) mass is 268 g/mol. The van der Waals surface area contributed by atoms with Crippen LogP contribution in [0.3, 0.4) is 0 Å². The largest absolute Gasteiger partial charge is 0.506 e. The van der Waals surface area contributed by atoms with Crippen molar-refractivity contribution in [2.45, 2.75) is 26.4 Å². The lowest BCUT2D eigenvalue weighted by Gasteiger charge is -2.17. The highest BCUT2D eigenvalue weighted by atomic mass is 32.1. The number of carboxylic acids is 1. The maximum absolute atomic E-state index is 11.8. The minimum absolute atomic E-state index is 0.0354. The summed E-state index contributed by atoms with van der Waals surface area (Å²) in [5.74, 6) is -0.173. The van der Waals surface area contributed by atoms with E-state index in [9.17, 15) is 14.7 Å². The van der Waals surface area contributed by atoms with Crippen molar-refractivity contribution >= 4 is 23.3 Å². The summed E-state index contributed by atoms with van der Waals surface area (Å²) in [6.45, 7) is 4.51. The van der Waals surface area contributed by atoms with Gasteiger partial charge in [0, 0.05) is 5.56 Å². The Morgan fingerprint density at radius 3 is 2.33 bits per heavy atom. The van der Waals surface area contributed by atoms with Gasteiger partial charge >= 0.3 is 11.9 Å². The number of aromatic carboxylic acids is 1. The molecule has 0 amide bonds. The van der Waals surface area contributed by atoms with Crippen LogP contribution in [0.1, 0.15) is 38.8 Å². The number of esters is 1. The molecule has 1 rings (SSSR count). The summed E-state index contributed by atoms with van der Waals surface area (Å²) in [5, 5.41) is 18.4. The highest BCUT2D eigenvalue weighted by Crippen LogP contribution is 2.34. The first kappa shape index (κ1) is 14.1. The van der Waals surface area contributed by atoms with E-state index in [1.807, 2.05) is 0 Å². The van der Waals surface area contributed by atoms with Gasteiger partial charge in [-0.1, -0.05) is 5.92 Å². The predicted molar refractivity (Wildman–Crippen MR) is 66.0 cm³/mol. The molecule has 18 heavy (non-hydrogen) atoms. The molecule has 0 saturated heterocycles. The number of rotatable bonds is 3. The summed E-state index contributed by atoms with van der Waals surface area (Å²) in [5.41, 5.74) is -0.915. The lowest BCUT2D eigenvalue weighted by atomic mass is 10.1. The Bertz CT molecular complexity index is 548. The quantitative estimate of drug-likeness (QED) is 0.647. The van der Waals surface area contributed by atoms with Gasteiger partial charge in [-0.2, -0.15) is 0 Å². The Labute approximate surface area is 108 Å². The minimum Gasteiger partial charge on any atom is -0.506 e. The van der Waals surface area contributed by atoms with Crippen LogP contribution < -0.4 is 0 Å². The number of carbonyl (C=O) groups excluding carboxylic acids is 1. The van der Waals surface area contributed by atoms with Crippen LogP contribution in [0.25, 0.3) is 0 Å². The van der Waals surface area contributed by atoms with Crippen LogP contribution in [-0.2, 0) is 4.74 Å². The third-order valence-corrected chi connectivity index (χ3v) is 3.44.